The van der Waals surface area contributed by atoms with Gasteiger partial charge in [-0.2, -0.15) is 0 Å². The molecule has 0 bridgehead atoms. The number of rotatable bonds is 10. The van der Waals surface area contributed by atoms with E-state index in [0.29, 0.717) is 19.1 Å². The summed E-state index contributed by atoms with van der Waals surface area (Å²) in [6, 6.07) is 10.8. The van der Waals surface area contributed by atoms with E-state index >= 15 is 0 Å². The molecule has 1 saturated heterocycles. The fourth-order valence-corrected chi connectivity index (χ4v) is 5.66. The minimum atomic E-state index is 0. The van der Waals surface area contributed by atoms with E-state index < -0.39 is 0 Å². The van der Waals surface area contributed by atoms with Crippen molar-refractivity contribution in [2.45, 2.75) is 48.7 Å². The number of halogens is 1. The number of hydrogen-bond acceptors (Lipinski definition) is 4. The fraction of sp³-hybridized carbons (Fsp3) is 0.696. The highest BCUT2D eigenvalue weighted by molar-refractivity contribution is 14.0. The molecule has 1 atom stereocenters. The SMILES string of the molecule is CCNC(=NCC1(Sc2ccccc2)CCCC1)N1CCC(COCCOC)C1.I. The molecule has 1 aliphatic carbocycles. The summed E-state index contributed by atoms with van der Waals surface area (Å²) in [7, 11) is 1.72. The van der Waals surface area contributed by atoms with Gasteiger partial charge in [-0.3, -0.25) is 4.99 Å². The second kappa shape index (κ2) is 13.8. The Bertz CT molecular complexity index is 626. The van der Waals surface area contributed by atoms with Gasteiger partial charge in [0.05, 0.1) is 26.4 Å². The Balaban J connectivity index is 0.00000320. The predicted molar refractivity (Wildman–Crippen MR) is 137 cm³/mol. The Morgan fingerprint density at radius 1 is 1.23 bits per heavy atom. The smallest absolute Gasteiger partial charge is 0.193 e. The van der Waals surface area contributed by atoms with Crippen molar-refractivity contribution in [1.29, 1.82) is 0 Å². The van der Waals surface area contributed by atoms with Crippen molar-refractivity contribution in [3.8, 4) is 0 Å². The monoisotopic (exact) mass is 547 g/mol. The molecule has 0 spiro atoms. The number of methoxy groups -OCH3 is 1. The molecule has 1 aliphatic heterocycles. The highest BCUT2D eigenvalue weighted by atomic mass is 127. The van der Waals surface area contributed by atoms with Crippen LogP contribution in [-0.4, -0.2) is 68.7 Å². The zero-order valence-electron chi connectivity index (χ0n) is 18.5. The van der Waals surface area contributed by atoms with Crippen molar-refractivity contribution < 1.29 is 9.47 Å². The van der Waals surface area contributed by atoms with Crippen LogP contribution in [0.3, 0.4) is 0 Å². The summed E-state index contributed by atoms with van der Waals surface area (Å²) in [5.74, 6) is 1.65. The van der Waals surface area contributed by atoms with Gasteiger partial charge in [0, 0.05) is 42.3 Å². The number of thioether (sulfide) groups is 1. The highest BCUT2D eigenvalue weighted by Crippen LogP contribution is 2.45. The lowest BCUT2D eigenvalue weighted by Crippen LogP contribution is -2.41. The van der Waals surface area contributed by atoms with Gasteiger partial charge in [-0.05, 0) is 38.3 Å². The first-order valence-electron chi connectivity index (χ1n) is 11.1. The summed E-state index contributed by atoms with van der Waals surface area (Å²) in [4.78, 5) is 8.92. The number of aliphatic imine (C=N–C) groups is 1. The van der Waals surface area contributed by atoms with Gasteiger partial charge < -0.3 is 19.7 Å². The molecule has 170 valence electrons. The molecule has 0 amide bonds. The third kappa shape index (κ3) is 7.88. The molecule has 3 rings (SSSR count). The molecule has 30 heavy (non-hydrogen) atoms. The lowest BCUT2D eigenvalue weighted by molar-refractivity contribution is 0.0536. The number of likely N-dealkylation sites (tertiary alicyclic amines) is 1. The minimum Gasteiger partial charge on any atom is -0.382 e. The van der Waals surface area contributed by atoms with Gasteiger partial charge >= 0.3 is 0 Å². The number of nitrogens with one attached hydrogen (secondary N) is 1. The zero-order valence-corrected chi connectivity index (χ0v) is 21.6. The van der Waals surface area contributed by atoms with Crippen LogP contribution in [0.4, 0.5) is 0 Å². The Kier molecular flexibility index (Phi) is 11.8. The van der Waals surface area contributed by atoms with Crippen molar-refractivity contribution >= 4 is 41.7 Å². The van der Waals surface area contributed by atoms with Crippen LogP contribution in [0, 0.1) is 5.92 Å². The van der Waals surface area contributed by atoms with Crippen molar-refractivity contribution in [2.75, 3.05) is 53.1 Å². The third-order valence-electron chi connectivity index (χ3n) is 5.81. The first-order chi connectivity index (χ1) is 14.2. The number of guanidine groups is 1. The van der Waals surface area contributed by atoms with E-state index in [1.54, 1.807) is 7.11 Å². The molecular formula is C23H38IN3O2S. The average molecular weight is 548 g/mol. The van der Waals surface area contributed by atoms with Crippen LogP contribution in [0.5, 0.6) is 0 Å². The maximum absolute atomic E-state index is 5.75. The Morgan fingerprint density at radius 3 is 2.70 bits per heavy atom. The molecule has 0 radical (unpaired) electrons. The Hall–Kier alpha value is -0.510. The normalized spacial score (nSPS) is 20.9. The van der Waals surface area contributed by atoms with Crippen molar-refractivity contribution in [3.05, 3.63) is 30.3 Å². The number of ether oxygens (including phenoxy) is 2. The number of nitrogens with zero attached hydrogens (tertiary/aromatic N) is 2. The van der Waals surface area contributed by atoms with E-state index in [-0.39, 0.29) is 28.7 Å². The van der Waals surface area contributed by atoms with Crippen molar-refractivity contribution in [3.63, 3.8) is 0 Å². The van der Waals surface area contributed by atoms with Gasteiger partial charge in [0.2, 0.25) is 0 Å². The van der Waals surface area contributed by atoms with Gasteiger partial charge in [-0.25, -0.2) is 0 Å². The van der Waals surface area contributed by atoms with Crippen LogP contribution in [0.1, 0.15) is 39.0 Å². The molecule has 1 N–H and O–H groups in total. The molecule has 1 heterocycles. The predicted octanol–water partition coefficient (Wildman–Crippen LogP) is 4.66. The molecule has 1 aromatic carbocycles. The second-order valence-corrected chi connectivity index (χ2v) is 9.69. The van der Waals surface area contributed by atoms with E-state index in [1.807, 2.05) is 11.8 Å². The molecule has 1 saturated carbocycles. The standard InChI is InChI=1S/C23H37N3O2S.HI/c1-3-24-22(26-14-11-20(17-26)18-28-16-15-27-2)25-19-23(12-7-8-13-23)29-21-9-5-4-6-10-21;/h4-6,9-10,20H,3,7-8,11-19H2,1-2H3,(H,24,25);1H. The second-order valence-electron chi connectivity index (χ2n) is 8.14. The van der Waals surface area contributed by atoms with Gasteiger partial charge in [-0.1, -0.05) is 31.0 Å². The van der Waals surface area contributed by atoms with Gasteiger partial charge in [-0.15, -0.1) is 35.7 Å². The van der Waals surface area contributed by atoms with Crippen LogP contribution in [0.2, 0.25) is 0 Å². The van der Waals surface area contributed by atoms with Crippen LogP contribution in [-0.2, 0) is 9.47 Å². The van der Waals surface area contributed by atoms with E-state index in [0.717, 1.165) is 38.7 Å². The van der Waals surface area contributed by atoms with E-state index in [2.05, 4.69) is 47.5 Å². The summed E-state index contributed by atoms with van der Waals surface area (Å²) >= 11 is 2.03. The maximum Gasteiger partial charge on any atom is 0.193 e. The molecule has 7 heteroatoms. The van der Waals surface area contributed by atoms with E-state index in [9.17, 15) is 0 Å². The van der Waals surface area contributed by atoms with E-state index in [4.69, 9.17) is 14.5 Å². The van der Waals surface area contributed by atoms with Crippen LogP contribution < -0.4 is 5.32 Å². The zero-order chi connectivity index (χ0) is 20.4. The average Bonchev–Trinajstić information content (AvgIpc) is 3.40. The van der Waals surface area contributed by atoms with Crippen LogP contribution in [0.25, 0.3) is 0 Å². The van der Waals surface area contributed by atoms with Gasteiger partial charge in [0.15, 0.2) is 5.96 Å². The van der Waals surface area contributed by atoms with Crippen molar-refractivity contribution in [1.82, 2.24) is 10.2 Å². The van der Waals surface area contributed by atoms with Crippen molar-refractivity contribution in [2.24, 2.45) is 10.9 Å². The molecule has 2 fully saturated rings. The van der Waals surface area contributed by atoms with Crippen LogP contribution >= 0.6 is 35.7 Å². The van der Waals surface area contributed by atoms with Crippen LogP contribution in [0.15, 0.2) is 40.2 Å². The highest BCUT2D eigenvalue weighted by Gasteiger charge is 2.35. The molecule has 5 nitrogen and oxygen atoms in total. The topological polar surface area (TPSA) is 46.1 Å². The summed E-state index contributed by atoms with van der Waals surface area (Å²) < 4.78 is 11.1. The van der Waals surface area contributed by atoms with E-state index in [1.165, 1.54) is 37.0 Å². The molecule has 1 unspecified atom stereocenters. The Labute approximate surface area is 203 Å². The molecule has 0 aromatic heterocycles. The molecule has 1 aromatic rings. The first-order valence-corrected chi connectivity index (χ1v) is 11.9. The quantitative estimate of drug-likeness (QED) is 0.200. The minimum absolute atomic E-state index is 0. The maximum atomic E-state index is 5.75. The third-order valence-corrected chi connectivity index (χ3v) is 7.29. The largest absolute Gasteiger partial charge is 0.382 e. The fourth-order valence-electron chi connectivity index (χ4n) is 4.25. The summed E-state index contributed by atoms with van der Waals surface area (Å²) in [5.41, 5.74) is 0. The first kappa shape index (κ1) is 25.7. The lowest BCUT2D eigenvalue weighted by Gasteiger charge is -2.28. The lowest BCUT2D eigenvalue weighted by atomic mass is 10.1. The number of hydrogen-bond donors (Lipinski definition) is 1. The number of benzene rings is 1. The van der Waals surface area contributed by atoms with Gasteiger partial charge in [0.1, 0.15) is 0 Å². The van der Waals surface area contributed by atoms with Gasteiger partial charge in [0.25, 0.3) is 0 Å². The summed E-state index contributed by atoms with van der Waals surface area (Å²) in [5, 5.41) is 3.53. The Morgan fingerprint density at radius 2 is 2.00 bits per heavy atom. The molecular weight excluding hydrogens is 509 g/mol. The summed E-state index contributed by atoms with van der Waals surface area (Å²) in [6.07, 6.45) is 6.31. The summed E-state index contributed by atoms with van der Waals surface area (Å²) in [6.45, 7) is 8.19. The molecule has 2 aliphatic rings.